The molecule has 1 spiro atoms. The van der Waals surface area contributed by atoms with Gasteiger partial charge in [-0.1, -0.05) is 26.3 Å². The maximum Gasteiger partial charge on any atom is 0.157 e. The molecule has 4 unspecified atom stereocenters. The van der Waals surface area contributed by atoms with Crippen molar-refractivity contribution in [3.63, 3.8) is 0 Å². The molecule has 1 N–H and O–H groups in total. The molecule has 3 aliphatic rings. The van der Waals surface area contributed by atoms with E-state index in [4.69, 9.17) is 9.98 Å². The smallest absolute Gasteiger partial charge is 0.157 e. The van der Waals surface area contributed by atoms with Crippen molar-refractivity contribution in [2.75, 3.05) is 0 Å². The summed E-state index contributed by atoms with van der Waals surface area (Å²) in [6, 6.07) is 0.980. The number of rotatable bonds is 3. The van der Waals surface area contributed by atoms with E-state index in [1.807, 2.05) is 0 Å². The average Bonchev–Trinajstić information content (AvgIpc) is 2.89. The second kappa shape index (κ2) is 4.36. The van der Waals surface area contributed by atoms with E-state index < -0.39 is 0 Å². The molecule has 3 aliphatic heterocycles. The molecule has 19 heavy (non-hydrogen) atoms. The Balaban J connectivity index is 2.03. The van der Waals surface area contributed by atoms with E-state index in [0.29, 0.717) is 12.1 Å². The summed E-state index contributed by atoms with van der Waals surface area (Å²) in [4.78, 5) is 12.2. The molecule has 4 heteroatoms. The van der Waals surface area contributed by atoms with Crippen molar-refractivity contribution in [3.05, 3.63) is 12.2 Å². The van der Waals surface area contributed by atoms with Crippen molar-refractivity contribution in [1.82, 2.24) is 10.2 Å². The lowest BCUT2D eigenvalue weighted by Crippen LogP contribution is -2.67. The van der Waals surface area contributed by atoms with Crippen molar-refractivity contribution in [2.24, 2.45) is 9.98 Å². The first-order chi connectivity index (χ1) is 9.12. The molecule has 0 amide bonds. The Bertz CT molecular complexity index is 465. The molecule has 0 bridgehead atoms. The average molecular weight is 260 g/mol. The Morgan fingerprint density at radius 2 is 2.11 bits per heavy atom. The van der Waals surface area contributed by atoms with Crippen LogP contribution in [0.3, 0.4) is 0 Å². The summed E-state index contributed by atoms with van der Waals surface area (Å²) in [6.07, 6.45) is 8.09. The molecule has 0 saturated carbocycles. The highest BCUT2D eigenvalue weighted by molar-refractivity contribution is 5.89. The topological polar surface area (TPSA) is 40.0 Å². The zero-order valence-corrected chi connectivity index (χ0v) is 12.3. The summed E-state index contributed by atoms with van der Waals surface area (Å²) in [6.45, 7) is 8.65. The third-order valence-electron chi connectivity index (χ3n) is 4.54. The Labute approximate surface area is 115 Å². The highest BCUT2D eigenvalue weighted by atomic mass is 15.5. The molecule has 0 aromatic heterocycles. The van der Waals surface area contributed by atoms with Crippen LogP contribution in [-0.2, 0) is 0 Å². The Morgan fingerprint density at radius 1 is 1.32 bits per heavy atom. The fourth-order valence-electron chi connectivity index (χ4n) is 3.84. The first-order valence-electron chi connectivity index (χ1n) is 7.48. The van der Waals surface area contributed by atoms with Gasteiger partial charge in [0.05, 0.1) is 23.8 Å². The van der Waals surface area contributed by atoms with Gasteiger partial charge in [0, 0.05) is 0 Å². The molecule has 0 fully saturated rings. The monoisotopic (exact) mass is 260 g/mol. The molecular formula is C15H24N4. The molecule has 4 atom stereocenters. The van der Waals surface area contributed by atoms with Crippen LogP contribution in [0.5, 0.6) is 0 Å². The van der Waals surface area contributed by atoms with E-state index in [0.717, 1.165) is 18.1 Å². The number of nitrogens with zero attached hydrogens (tertiary/aromatic N) is 3. The zero-order valence-electron chi connectivity index (χ0n) is 12.3. The highest BCUT2D eigenvalue weighted by Gasteiger charge is 2.56. The largest absolute Gasteiger partial charge is 0.346 e. The van der Waals surface area contributed by atoms with Crippen LogP contribution in [0.1, 0.15) is 47.0 Å². The highest BCUT2D eigenvalue weighted by Crippen LogP contribution is 2.40. The molecular weight excluding hydrogens is 236 g/mol. The van der Waals surface area contributed by atoms with Gasteiger partial charge in [0.1, 0.15) is 6.04 Å². The lowest BCUT2D eigenvalue weighted by Gasteiger charge is -2.48. The molecule has 0 saturated heterocycles. The quantitative estimate of drug-likeness (QED) is 0.791. The molecule has 3 rings (SSSR count). The third kappa shape index (κ3) is 1.65. The normalized spacial score (nSPS) is 39.6. The fraction of sp³-hybridized carbons (Fsp3) is 0.733. The van der Waals surface area contributed by atoms with Gasteiger partial charge in [-0.05, 0) is 32.8 Å². The summed E-state index contributed by atoms with van der Waals surface area (Å²) in [7, 11) is 0. The van der Waals surface area contributed by atoms with Gasteiger partial charge in [-0.15, -0.1) is 0 Å². The summed E-state index contributed by atoms with van der Waals surface area (Å²) in [5.41, 5.74) is -0.142. The van der Waals surface area contributed by atoms with Crippen molar-refractivity contribution in [2.45, 2.75) is 70.7 Å². The van der Waals surface area contributed by atoms with Gasteiger partial charge < -0.3 is 10.2 Å². The van der Waals surface area contributed by atoms with Crippen LogP contribution in [0.4, 0.5) is 0 Å². The van der Waals surface area contributed by atoms with Gasteiger partial charge in [-0.2, -0.15) is 0 Å². The minimum absolute atomic E-state index is 0.142. The van der Waals surface area contributed by atoms with Crippen LogP contribution in [0.2, 0.25) is 0 Å². The number of hydrogen-bond acceptors (Lipinski definition) is 4. The van der Waals surface area contributed by atoms with Crippen LogP contribution >= 0.6 is 0 Å². The molecule has 0 aromatic rings. The van der Waals surface area contributed by atoms with Crippen LogP contribution in [-0.4, -0.2) is 40.4 Å². The van der Waals surface area contributed by atoms with E-state index in [-0.39, 0.29) is 11.7 Å². The number of amidine groups is 2. The first-order valence-corrected chi connectivity index (χ1v) is 7.48. The van der Waals surface area contributed by atoms with E-state index in [1.54, 1.807) is 0 Å². The number of hydrogen-bond donors (Lipinski definition) is 1. The first kappa shape index (κ1) is 12.7. The predicted molar refractivity (Wildman–Crippen MR) is 79.6 cm³/mol. The SMILES string of the molecule is CCCC1C=CC23NC(C)=NC2C(CC)N=C(C)N13. The molecule has 0 aromatic carbocycles. The molecule has 3 heterocycles. The van der Waals surface area contributed by atoms with Gasteiger partial charge in [-0.3, -0.25) is 9.98 Å². The third-order valence-corrected chi connectivity index (χ3v) is 4.54. The molecule has 4 nitrogen and oxygen atoms in total. The van der Waals surface area contributed by atoms with Crippen molar-refractivity contribution in [1.29, 1.82) is 0 Å². The lowest BCUT2D eigenvalue weighted by atomic mass is 9.90. The van der Waals surface area contributed by atoms with E-state index in [2.05, 4.69) is 50.1 Å². The summed E-state index contributed by atoms with van der Waals surface area (Å²) < 4.78 is 0. The minimum Gasteiger partial charge on any atom is -0.346 e. The summed E-state index contributed by atoms with van der Waals surface area (Å²) >= 11 is 0. The zero-order chi connectivity index (χ0) is 13.6. The van der Waals surface area contributed by atoms with E-state index in [9.17, 15) is 0 Å². The lowest BCUT2D eigenvalue weighted by molar-refractivity contribution is 0.141. The molecule has 0 aliphatic carbocycles. The maximum atomic E-state index is 4.90. The van der Waals surface area contributed by atoms with Crippen LogP contribution < -0.4 is 5.32 Å². The Kier molecular flexibility index (Phi) is 2.91. The summed E-state index contributed by atoms with van der Waals surface area (Å²) in [5.74, 6) is 2.20. The van der Waals surface area contributed by atoms with Crippen molar-refractivity contribution >= 4 is 11.7 Å². The van der Waals surface area contributed by atoms with Crippen LogP contribution in [0, 0.1) is 0 Å². The number of nitrogens with one attached hydrogen (secondary N) is 1. The Morgan fingerprint density at radius 3 is 2.79 bits per heavy atom. The predicted octanol–water partition coefficient (Wildman–Crippen LogP) is 2.32. The fourth-order valence-corrected chi connectivity index (χ4v) is 3.84. The van der Waals surface area contributed by atoms with E-state index >= 15 is 0 Å². The van der Waals surface area contributed by atoms with Gasteiger partial charge >= 0.3 is 0 Å². The molecule has 0 radical (unpaired) electrons. The maximum absolute atomic E-state index is 4.90. The van der Waals surface area contributed by atoms with Gasteiger partial charge in [0.25, 0.3) is 0 Å². The van der Waals surface area contributed by atoms with Crippen LogP contribution in [0.25, 0.3) is 0 Å². The molecule has 104 valence electrons. The van der Waals surface area contributed by atoms with Crippen molar-refractivity contribution < 1.29 is 0 Å². The standard InChI is InChI=1S/C15H24N4/c1-5-7-12-8-9-15-14(16-10(3)18-15)13(6-2)17-11(4)19(12)15/h8-9,12-14H,5-7H2,1-4H3,(H,16,18). The Hall–Kier alpha value is -1.32. The van der Waals surface area contributed by atoms with Gasteiger partial charge in [0.2, 0.25) is 0 Å². The van der Waals surface area contributed by atoms with Crippen LogP contribution in [0.15, 0.2) is 22.1 Å². The van der Waals surface area contributed by atoms with Crippen molar-refractivity contribution in [3.8, 4) is 0 Å². The number of aliphatic imine (C=N–C) groups is 2. The summed E-state index contributed by atoms with van der Waals surface area (Å²) in [5, 5.41) is 3.62. The second-order valence-electron chi connectivity index (χ2n) is 5.85. The van der Waals surface area contributed by atoms with Gasteiger partial charge in [0.15, 0.2) is 5.66 Å². The van der Waals surface area contributed by atoms with E-state index in [1.165, 1.54) is 12.8 Å². The minimum atomic E-state index is -0.142. The second-order valence-corrected chi connectivity index (χ2v) is 5.85. The van der Waals surface area contributed by atoms with Gasteiger partial charge in [-0.25, -0.2) is 0 Å².